The lowest BCUT2D eigenvalue weighted by Crippen LogP contribution is -2.50. The maximum absolute atomic E-state index is 9.79. The predicted octanol–water partition coefficient (Wildman–Crippen LogP) is 3.03. The van der Waals surface area contributed by atoms with Crippen molar-refractivity contribution in [3.05, 3.63) is 0 Å². The maximum Gasteiger partial charge on any atom is 0.0615 e. The maximum atomic E-state index is 9.79. The summed E-state index contributed by atoms with van der Waals surface area (Å²) in [5.41, 5.74) is 0.0105. The minimum atomic E-state index is 0.0105. The van der Waals surface area contributed by atoms with Crippen LogP contribution in [0.4, 0.5) is 0 Å². The van der Waals surface area contributed by atoms with Crippen LogP contribution in [0.25, 0.3) is 0 Å². The van der Waals surface area contributed by atoms with Gasteiger partial charge in [0.25, 0.3) is 0 Å². The zero-order chi connectivity index (χ0) is 15.1. The third-order valence-electron chi connectivity index (χ3n) is 6.17. The zero-order valence-electron chi connectivity index (χ0n) is 14.2. The van der Waals surface area contributed by atoms with E-state index in [9.17, 15) is 5.11 Å². The summed E-state index contributed by atoms with van der Waals surface area (Å²) < 4.78 is 0. The first-order valence-electron chi connectivity index (χ1n) is 9.26. The van der Waals surface area contributed by atoms with E-state index >= 15 is 0 Å². The van der Waals surface area contributed by atoms with Crippen LogP contribution in [-0.4, -0.2) is 48.8 Å². The Morgan fingerprint density at radius 1 is 1.14 bits per heavy atom. The first-order chi connectivity index (χ1) is 10.2. The summed E-state index contributed by atoms with van der Waals surface area (Å²) in [4.78, 5) is 2.69. The lowest BCUT2D eigenvalue weighted by atomic mass is 9.85. The van der Waals surface area contributed by atoms with E-state index in [0.717, 1.165) is 12.3 Å². The minimum Gasteiger partial charge on any atom is -0.394 e. The fourth-order valence-corrected chi connectivity index (χ4v) is 4.67. The fourth-order valence-electron chi connectivity index (χ4n) is 4.67. The molecular formula is C18H36N2O. The van der Waals surface area contributed by atoms with Gasteiger partial charge in [0.2, 0.25) is 0 Å². The van der Waals surface area contributed by atoms with Crippen molar-refractivity contribution in [3.8, 4) is 0 Å². The second-order valence-corrected chi connectivity index (χ2v) is 7.37. The molecule has 2 fully saturated rings. The van der Waals surface area contributed by atoms with Crippen molar-refractivity contribution in [3.63, 3.8) is 0 Å². The highest BCUT2D eigenvalue weighted by molar-refractivity contribution is 4.98. The third kappa shape index (κ3) is 4.43. The summed E-state index contributed by atoms with van der Waals surface area (Å²) in [5, 5.41) is 13.2. The Balaban J connectivity index is 1.77. The number of nitrogens with one attached hydrogen (secondary N) is 1. The summed E-state index contributed by atoms with van der Waals surface area (Å²) in [7, 11) is 2.02. The molecule has 21 heavy (non-hydrogen) atoms. The SMILES string of the molecule is CCCC1CCCN(CCC2CCCC2(CO)NC)CC1. The van der Waals surface area contributed by atoms with Crippen molar-refractivity contribution in [1.82, 2.24) is 10.2 Å². The summed E-state index contributed by atoms with van der Waals surface area (Å²) >= 11 is 0. The molecule has 0 radical (unpaired) electrons. The van der Waals surface area contributed by atoms with E-state index in [4.69, 9.17) is 0 Å². The molecule has 0 amide bonds. The number of likely N-dealkylation sites (N-methyl/N-ethyl adjacent to an activating group) is 1. The molecule has 124 valence electrons. The highest BCUT2D eigenvalue weighted by atomic mass is 16.3. The van der Waals surface area contributed by atoms with Crippen LogP contribution in [0.3, 0.4) is 0 Å². The smallest absolute Gasteiger partial charge is 0.0615 e. The van der Waals surface area contributed by atoms with E-state index in [-0.39, 0.29) is 5.54 Å². The Bertz CT molecular complexity index is 291. The van der Waals surface area contributed by atoms with Crippen LogP contribution in [0.1, 0.15) is 64.7 Å². The molecule has 2 rings (SSSR count). The van der Waals surface area contributed by atoms with Crippen LogP contribution >= 0.6 is 0 Å². The largest absolute Gasteiger partial charge is 0.394 e. The first-order valence-corrected chi connectivity index (χ1v) is 9.26. The number of hydrogen-bond acceptors (Lipinski definition) is 3. The summed E-state index contributed by atoms with van der Waals surface area (Å²) in [5.74, 6) is 1.63. The van der Waals surface area contributed by atoms with E-state index in [2.05, 4.69) is 17.1 Å². The molecule has 3 heteroatoms. The molecule has 1 heterocycles. The van der Waals surface area contributed by atoms with Crippen molar-refractivity contribution >= 4 is 0 Å². The third-order valence-corrected chi connectivity index (χ3v) is 6.17. The van der Waals surface area contributed by atoms with Gasteiger partial charge in [0.15, 0.2) is 0 Å². The van der Waals surface area contributed by atoms with Gasteiger partial charge in [-0.2, -0.15) is 0 Å². The van der Waals surface area contributed by atoms with E-state index in [1.807, 2.05) is 7.05 Å². The average Bonchev–Trinajstić information content (AvgIpc) is 2.79. The Morgan fingerprint density at radius 3 is 2.71 bits per heavy atom. The lowest BCUT2D eigenvalue weighted by Gasteiger charge is -2.35. The van der Waals surface area contributed by atoms with Gasteiger partial charge in [-0.15, -0.1) is 0 Å². The Kier molecular flexibility index (Phi) is 6.97. The fraction of sp³-hybridized carbons (Fsp3) is 1.00. The van der Waals surface area contributed by atoms with Crippen LogP contribution in [0, 0.1) is 11.8 Å². The van der Waals surface area contributed by atoms with Gasteiger partial charge in [0.05, 0.1) is 6.61 Å². The Labute approximate surface area is 131 Å². The molecule has 1 saturated heterocycles. The summed E-state index contributed by atoms with van der Waals surface area (Å²) in [6.07, 6.45) is 11.9. The number of nitrogens with zero attached hydrogens (tertiary/aromatic N) is 1. The zero-order valence-corrected chi connectivity index (χ0v) is 14.2. The highest BCUT2D eigenvalue weighted by Crippen LogP contribution is 2.37. The number of likely N-dealkylation sites (tertiary alicyclic amines) is 1. The van der Waals surface area contributed by atoms with Gasteiger partial charge in [-0.3, -0.25) is 0 Å². The molecule has 2 aliphatic rings. The van der Waals surface area contributed by atoms with Gasteiger partial charge in [-0.25, -0.2) is 0 Å². The number of rotatable bonds is 7. The van der Waals surface area contributed by atoms with E-state index in [0.29, 0.717) is 12.5 Å². The normalized spacial score (nSPS) is 35.0. The van der Waals surface area contributed by atoms with Gasteiger partial charge < -0.3 is 15.3 Å². The molecule has 1 aliphatic carbocycles. The molecule has 0 spiro atoms. The second kappa shape index (κ2) is 8.50. The molecule has 3 atom stereocenters. The molecule has 3 unspecified atom stereocenters. The van der Waals surface area contributed by atoms with Crippen LogP contribution in [0.15, 0.2) is 0 Å². The predicted molar refractivity (Wildman–Crippen MR) is 89.5 cm³/mol. The van der Waals surface area contributed by atoms with E-state index in [1.165, 1.54) is 71.0 Å². The van der Waals surface area contributed by atoms with Crippen LogP contribution < -0.4 is 5.32 Å². The highest BCUT2D eigenvalue weighted by Gasteiger charge is 2.40. The minimum absolute atomic E-state index is 0.0105. The van der Waals surface area contributed by atoms with Crippen LogP contribution in [-0.2, 0) is 0 Å². The van der Waals surface area contributed by atoms with Crippen molar-refractivity contribution in [1.29, 1.82) is 0 Å². The molecule has 2 N–H and O–H groups in total. The topological polar surface area (TPSA) is 35.5 Å². The quantitative estimate of drug-likeness (QED) is 0.758. The molecule has 0 aromatic carbocycles. The Hall–Kier alpha value is -0.120. The van der Waals surface area contributed by atoms with Gasteiger partial charge in [0.1, 0.15) is 0 Å². The standard InChI is InChI=1S/C18H36N2O/c1-3-6-16-7-5-12-20(13-9-16)14-10-17-8-4-11-18(17,15-21)19-2/h16-17,19,21H,3-15H2,1-2H3. The van der Waals surface area contributed by atoms with Crippen LogP contribution in [0.2, 0.25) is 0 Å². The lowest BCUT2D eigenvalue weighted by molar-refractivity contribution is 0.118. The average molecular weight is 296 g/mol. The van der Waals surface area contributed by atoms with Crippen molar-refractivity contribution in [2.24, 2.45) is 11.8 Å². The van der Waals surface area contributed by atoms with Crippen molar-refractivity contribution in [2.75, 3.05) is 33.3 Å². The first kappa shape index (κ1) is 17.2. The monoisotopic (exact) mass is 296 g/mol. The molecule has 3 nitrogen and oxygen atoms in total. The number of aliphatic hydroxyl groups excluding tert-OH is 1. The summed E-state index contributed by atoms with van der Waals surface area (Å²) in [6, 6.07) is 0. The van der Waals surface area contributed by atoms with E-state index < -0.39 is 0 Å². The number of hydrogen-bond donors (Lipinski definition) is 2. The van der Waals surface area contributed by atoms with Gasteiger partial charge in [-0.05, 0) is 77.0 Å². The molecule has 1 saturated carbocycles. The summed E-state index contributed by atoms with van der Waals surface area (Å²) in [6.45, 7) is 6.43. The van der Waals surface area contributed by atoms with Gasteiger partial charge in [0, 0.05) is 5.54 Å². The molecular weight excluding hydrogens is 260 g/mol. The van der Waals surface area contributed by atoms with Crippen LogP contribution in [0.5, 0.6) is 0 Å². The molecule has 0 bridgehead atoms. The molecule has 0 aromatic heterocycles. The number of aliphatic hydroxyl groups is 1. The van der Waals surface area contributed by atoms with Gasteiger partial charge in [-0.1, -0.05) is 26.2 Å². The molecule has 0 aromatic rings. The van der Waals surface area contributed by atoms with Crippen molar-refractivity contribution in [2.45, 2.75) is 70.3 Å². The van der Waals surface area contributed by atoms with Crippen molar-refractivity contribution < 1.29 is 5.11 Å². The second-order valence-electron chi connectivity index (χ2n) is 7.37. The molecule has 1 aliphatic heterocycles. The van der Waals surface area contributed by atoms with E-state index in [1.54, 1.807) is 0 Å². The Morgan fingerprint density at radius 2 is 2.00 bits per heavy atom. The van der Waals surface area contributed by atoms with Gasteiger partial charge >= 0.3 is 0 Å².